The molecule has 0 aliphatic carbocycles. The van der Waals surface area contributed by atoms with E-state index in [1.807, 2.05) is 31.3 Å². The Morgan fingerprint density at radius 3 is 2.70 bits per heavy atom. The van der Waals surface area contributed by atoms with Gasteiger partial charge in [-0.3, -0.25) is 4.98 Å². The lowest BCUT2D eigenvalue weighted by atomic mass is 9.94. The van der Waals surface area contributed by atoms with Crippen LogP contribution in [0.3, 0.4) is 0 Å². The molecule has 4 heteroatoms. The summed E-state index contributed by atoms with van der Waals surface area (Å²) in [5.74, 6) is 0.806. The van der Waals surface area contributed by atoms with E-state index in [0.29, 0.717) is 0 Å². The molecule has 0 bridgehead atoms. The van der Waals surface area contributed by atoms with E-state index in [1.165, 1.54) is 5.56 Å². The first-order valence-electron chi connectivity index (χ1n) is 6.71. The molecule has 0 saturated carbocycles. The molecule has 0 fully saturated rings. The van der Waals surface area contributed by atoms with Crippen LogP contribution in [0.4, 0.5) is 0 Å². The second-order valence-corrected chi connectivity index (χ2v) is 5.41. The topological polar surface area (TPSA) is 53.6 Å². The van der Waals surface area contributed by atoms with Gasteiger partial charge in [0, 0.05) is 11.7 Å². The lowest BCUT2D eigenvalue weighted by molar-refractivity contribution is 0.445. The normalized spacial score (nSPS) is 11.9. The van der Waals surface area contributed by atoms with Gasteiger partial charge >= 0.3 is 0 Å². The second-order valence-electron chi connectivity index (χ2n) is 5.41. The minimum absolute atomic E-state index is 0.0650. The summed E-state index contributed by atoms with van der Waals surface area (Å²) in [6.45, 7) is 4.31. The van der Waals surface area contributed by atoms with Gasteiger partial charge in [0.25, 0.3) is 0 Å². The highest BCUT2D eigenvalue weighted by molar-refractivity contribution is 5.79. The van der Waals surface area contributed by atoms with Gasteiger partial charge in [0.05, 0.1) is 11.0 Å². The van der Waals surface area contributed by atoms with Gasteiger partial charge in [-0.2, -0.15) is 0 Å². The summed E-state index contributed by atoms with van der Waals surface area (Å²) < 4.78 is 0. The first-order chi connectivity index (χ1) is 9.60. The van der Waals surface area contributed by atoms with Gasteiger partial charge in [0.15, 0.2) is 5.82 Å². The van der Waals surface area contributed by atoms with Crippen LogP contribution in [-0.4, -0.2) is 22.0 Å². The number of pyridine rings is 1. The number of aromatic nitrogens is 3. The maximum atomic E-state index is 4.59. The first-order valence-corrected chi connectivity index (χ1v) is 6.71. The van der Waals surface area contributed by atoms with E-state index in [2.05, 4.69) is 46.2 Å². The molecule has 2 aromatic heterocycles. The van der Waals surface area contributed by atoms with Crippen molar-refractivity contribution in [3.8, 4) is 11.5 Å². The van der Waals surface area contributed by atoms with Crippen LogP contribution < -0.4 is 5.32 Å². The number of hydrogen-bond donors (Lipinski definition) is 2. The van der Waals surface area contributed by atoms with E-state index in [1.54, 1.807) is 6.20 Å². The van der Waals surface area contributed by atoms with Crippen LogP contribution in [0.2, 0.25) is 0 Å². The molecular weight excluding hydrogens is 248 g/mol. The van der Waals surface area contributed by atoms with Crippen LogP contribution in [0.15, 0.2) is 42.6 Å². The fourth-order valence-electron chi connectivity index (χ4n) is 2.17. The summed E-state index contributed by atoms with van der Waals surface area (Å²) in [6.07, 6.45) is 1.78. The SMILES string of the molecule is CNC(C)(C)c1ccc2nc(-c3ccccn3)[nH]c2c1. The third-order valence-corrected chi connectivity index (χ3v) is 3.74. The highest BCUT2D eigenvalue weighted by Crippen LogP contribution is 2.25. The van der Waals surface area contributed by atoms with Crippen LogP contribution in [-0.2, 0) is 5.54 Å². The zero-order valence-electron chi connectivity index (χ0n) is 11.9. The Labute approximate surface area is 118 Å². The lowest BCUT2D eigenvalue weighted by Crippen LogP contribution is -2.32. The Balaban J connectivity index is 2.09. The van der Waals surface area contributed by atoms with Gasteiger partial charge in [0.1, 0.15) is 5.69 Å². The van der Waals surface area contributed by atoms with Gasteiger partial charge in [-0.1, -0.05) is 12.1 Å². The molecule has 1 aromatic carbocycles. The Morgan fingerprint density at radius 2 is 2.00 bits per heavy atom. The Morgan fingerprint density at radius 1 is 1.15 bits per heavy atom. The third kappa shape index (κ3) is 2.18. The summed E-state index contributed by atoms with van der Waals surface area (Å²) >= 11 is 0. The maximum Gasteiger partial charge on any atom is 0.157 e. The average Bonchev–Trinajstić information content (AvgIpc) is 2.91. The lowest BCUT2D eigenvalue weighted by Gasteiger charge is -2.24. The summed E-state index contributed by atoms with van der Waals surface area (Å²) in [6, 6.07) is 12.1. The van der Waals surface area contributed by atoms with Gasteiger partial charge in [-0.05, 0) is 50.7 Å². The zero-order chi connectivity index (χ0) is 14.2. The number of nitrogens with one attached hydrogen (secondary N) is 2. The molecule has 4 nitrogen and oxygen atoms in total. The van der Waals surface area contributed by atoms with E-state index in [0.717, 1.165) is 22.6 Å². The maximum absolute atomic E-state index is 4.59. The van der Waals surface area contributed by atoms with Crippen molar-refractivity contribution in [3.05, 3.63) is 48.2 Å². The number of rotatable bonds is 3. The molecule has 0 saturated heterocycles. The highest BCUT2D eigenvalue weighted by atomic mass is 15.0. The summed E-state index contributed by atoms with van der Waals surface area (Å²) in [5.41, 5.74) is 4.01. The van der Waals surface area contributed by atoms with E-state index < -0.39 is 0 Å². The van der Waals surface area contributed by atoms with Crippen molar-refractivity contribution >= 4 is 11.0 Å². The molecule has 0 spiro atoms. The minimum atomic E-state index is -0.0650. The van der Waals surface area contributed by atoms with E-state index in [9.17, 15) is 0 Å². The predicted octanol–water partition coefficient (Wildman–Crippen LogP) is 3.08. The Bertz CT molecular complexity index is 729. The van der Waals surface area contributed by atoms with E-state index in [4.69, 9.17) is 0 Å². The molecule has 0 aliphatic heterocycles. The van der Waals surface area contributed by atoms with Crippen molar-refractivity contribution < 1.29 is 0 Å². The smallest absolute Gasteiger partial charge is 0.157 e. The summed E-state index contributed by atoms with van der Waals surface area (Å²) in [4.78, 5) is 12.3. The van der Waals surface area contributed by atoms with Crippen molar-refractivity contribution in [1.29, 1.82) is 0 Å². The Hall–Kier alpha value is -2.20. The molecule has 3 rings (SSSR count). The number of aromatic amines is 1. The van der Waals surface area contributed by atoms with Gasteiger partial charge < -0.3 is 10.3 Å². The molecule has 0 radical (unpaired) electrons. The van der Waals surface area contributed by atoms with Gasteiger partial charge in [-0.15, -0.1) is 0 Å². The molecule has 2 heterocycles. The number of benzene rings is 1. The van der Waals surface area contributed by atoms with Crippen LogP contribution >= 0.6 is 0 Å². The second kappa shape index (κ2) is 4.72. The standard InChI is InChI=1S/C16H18N4/c1-16(2,17-3)11-7-8-12-14(10-11)20-15(19-12)13-6-4-5-9-18-13/h4-10,17H,1-3H3,(H,19,20). The molecule has 2 N–H and O–H groups in total. The van der Waals surface area contributed by atoms with Crippen molar-refractivity contribution in [1.82, 2.24) is 20.3 Å². The quantitative estimate of drug-likeness (QED) is 0.766. The van der Waals surface area contributed by atoms with Crippen molar-refractivity contribution in [2.45, 2.75) is 19.4 Å². The van der Waals surface area contributed by atoms with Crippen molar-refractivity contribution in [3.63, 3.8) is 0 Å². The molecule has 3 aromatic rings. The highest BCUT2D eigenvalue weighted by Gasteiger charge is 2.18. The summed E-state index contributed by atoms with van der Waals surface area (Å²) in [5, 5.41) is 3.31. The fourth-order valence-corrected chi connectivity index (χ4v) is 2.17. The average molecular weight is 266 g/mol. The molecule has 102 valence electrons. The van der Waals surface area contributed by atoms with Crippen LogP contribution in [0.5, 0.6) is 0 Å². The monoisotopic (exact) mass is 266 g/mol. The minimum Gasteiger partial charge on any atom is -0.337 e. The molecule has 0 aliphatic rings. The number of nitrogens with zero attached hydrogens (tertiary/aromatic N) is 2. The fraction of sp³-hybridized carbons (Fsp3) is 0.250. The Kier molecular flexibility index (Phi) is 3.03. The zero-order valence-corrected chi connectivity index (χ0v) is 11.9. The number of H-pyrrole nitrogens is 1. The van der Waals surface area contributed by atoms with Gasteiger partial charge in [0.2, 0.25) is 0 Å². The van der Waals surface area contributed by atoms with Gasteiger partial charge in [-0.25, -0.2) is 4.98 Å². The molecule has 0 amide bonds. The molecule has 0 unspecified atom stereocenters. The first kappa shape index (κ1) is 12.8. The summed E-state index contributed by atoms with van der Waals surface area (Å²) in [7, 11) is 1.97. The third-order valence-electron chi connectivity index (χ3n) is 3.74. The van der Waals surface area contributed by atoms with Crippen LogP contribution in [0.1, 0.15) is 19.4 Å². The van der Waals surface area contributed by atoms with Crippen LogP contribution in [0, 0.1) is 0 Å². The molecule has 20 heavy (non-hydrogen) atoms. The van der Waals surface area contributed by atoms with E-state index >= 15 is 0 Å². The van der Waals surface area contributed by atoms with Crippen molar-refractivity contribution in [2.24, 2.45) is 0 Å². The number of imidazole rings is 1. The van der Waals surface area contributed by atoms with E-state index in [-0.39, 0.29) is 5.54 Å². The number of hydrogen-bond acceptors (Lipinski definition) is 3. The molecule has 0 atom stereocenters. The number of fused-ring (bicyclic) bond motifs is 1. The van der Waals surface area contributed by atoms with Crippen molar-refractivity contribution in [2.75, 3.05) is 7.05 Å². The molecular formula is C16H18N4. The van der Waals surface area contributed by atoms with Crippen LogP contribution in [0.25, 0.3) is 22.6 Å². The largest absolute Gasteiger partial charge is 0.337 e. The predicted molar refractivity (Wildman–Crippen MR) is 81.4 cm³/mol.